The minimum Gasteiger partial charge on any atom is -0.336 e. The van der Waals surface area contributed by atoms with Crippen LogP contribution in [0, 0.1) is 0 Å². The Labute approximate surface area is 189 Å². The highest BCUT2D eigenvalue weighted by Gasteiger charge is 2.44. The average Bonchev–Trinajstić information content (AvgIpc) is 3.31. The van der Waals surface area contributed by atoms with Crippen LogP contribution in [-0.2, 0) is 22.6 Å². The standard InChI is InChI=1S/C23H24N6O4/c1-23(2)21(32)28(22(33)25-23)11-9-19(30)27-10-8-15-17(13-27)24-18-12-16(26-29(18)20(15)31)14-6-4-3-5-7-14/h3-7,12,26H,8-11,13H2,1-2H3,(H,25,33). The van der Waals surface area contributed by atoms with Crippen LogP contribution < -0.4 is 10.9 Å². The van der Waals surface area contributed by atoms with Gasteiger partial charge in [0.25, 0.3) is 11.5 Å². The second-order valence-corrected chi connectivity index (χ2v) is 8.90. The number of rotatable bonds is 4. The molecule has 4 heterocycles. The quantitative estimate of drug-likeness (QED) is 0.583. The maximum atomic E-state index is 13.0. The molecule has 10 nitrogen and oxygen atoms in total. The summed E-state index contributed by atoms with van der Waals surface area (Å²) >= 11 is 0. The molecule has 10 heteroatoms. The molecule has 0 bridgehead atoms. The number of aromatic amines is 1. The summed E-state index contributed by atoms with van der Waals surface area (Å²) < 4.78 is 1.44. The van der Waals surface area contributed by atoms with Gasteiger partial charge < -0.3 is 10.2 Å². The van der Waals surface area contributed by atoms with Gasteiger partial charge in [-0.1, -0.05) is 30.3 Å². The zero-order valence-corrected chi connectivity index (χ0v) is 18.4. The molecule has 0 radical (unpaired) electrons. The predicted molar refractivity (Wildman–Crippen MR) is 119 cm³/mol. The largest absolute Gasteiger partial charge is 0.336 e. The first-order valence-corrected chi connectivity index (χ1v) is 10.9. The second-order valence-electron chi connectivity index (χ2n) is 8.90. The number of urea groups is 1. The molecular weight excluding hydrogens is 424 g/mol. The smallest absolute Gasteiger partial charge is 0.325 e. The lowest BCUT2D eigenvalue weighted by molar-refractivity contribution is -0.134. The van der Waals surface area contributed by atoms with Crippen molar-refractivity contribution in [2.75, 3.05) is 13.1 Å². The van der Waals surface area contributed by atoms with Gasteiger partial charge >= 0.3 is 6.03 Å². The molecule has 0 aliphatic carbocycles. The maximum absolute atomic E-state index is 13.0. The highest BCUT2D eigenvalue weighted by molar-refractivity contribution is 6.06. The van der Waals surface area contributed by atoms with E-state index >= 15 is 0 Å². The summed E-state index contributed by atoms with van der Waals surface area (Å²) in [4.78, 5) is 57.6. The SMILES string of the molecule is CC1(C)NC(=O)N(CCC(=O)N2CCc3c(nc4cc(-c5ccccc5)[nH]n4c3=O)C2)C1=O. The van der Waals surface area contributed by atoms with Crippen molar-refractivity contribution in [1.29, 1.82) is 0 Å². The van der Waals surface area contributed by atoms with Crippen molar-refractivity contribution in [3.8, 4) is 11.3 Å². The molecule has 170 valence electrons. The van der Waals surface area contributed by atoms with Crippen LogP contribution in [0.4, 0.5) is 4.79 Å². The summed E-state index contributed by atoms with van der Waals surface area (Å²) in [5, 5.41) is 5.73. The van der Waals surface area contributed by atoms with Gasteiger partial charge in [0.1, 0.15) is 5.54 Å². The third kappa shape index (κ3) is 3.57. The number of fused-ring (bicyclic) bond motifs is 2. The summed E-state index contributed by atoms with van der Waals surface area (Å²) in [6.07, 6.45) is 0.416. The molecule has 1 saturated heterocycles. The van der Waals surface area contributed by atoms with Crippen molar-refractivity contribution in [3.63, 3.8) is 0 Å². The van der Waals surface area contributed by atoms with E-state index in [2.05, 4.69) is 15.4 Å². The van der Waals surface area contributed by atoms with E-state index in [4.69, 9.17) is 0 Å². The number of nitrogens with zero attached hydrogens (tertiary/aromatic N) is 4. The Morgan fingerprint density at radius 3 is 2.61 bits per heavy atom. The Kier molecular flexibility index (Phi) is 4.80. The normalized spacial score (nSPS) is 17.4. The highest BCUT2D eigenvalue weighted by atomic mass is 16.2. The van der Waals surface area contributed by atoms with Gasteiger partial charge in [0.15, 0.2) is 5.65 Å². The predicted octanol–water partition coefficient (Wildman–Crippen LogP) is 1.29. The summed E-state index contributed by atoms with van der Waals surface area (Å²) in [6.45, 7) is 3.88. The molecule has 2 aliphatic rings. The summed E-state index contributed by atoms with van der Waals surface area (Å²) in [5.41, 5.74) is 2.27. The van der Waals surface area contributed by atoms with Gasteiger partial charge in [-0.05, 0) is 25.8 Å². The highest BCUT2D eigenvalue weighted by Crippen LogP contribution is 2.21. The number of hydrogen-bond donors (Lipinski definition) is 2. The number of carbonyl (C=O) groups excluding carboxylic acids is 3. The third-order valence-corrected chi connectivity index (χ3v) is 6.20. The topological polar surface area (TPSA) is 120 Å². The van der Waals surface area contributed by atoms with Crippen molar-refractivity contribution in [3.05, 3.63) is 58.0 Å². The van der Waals surface area contributed by atoms with Crippen molar-refractivity contribution < 1.29 is 14.4 Å². The lowest BCUT2D eigenvalue weighted by Crippen LogP contribution is -2.42. The van der Waals surface area contributed by atoms with Gasteiger partial charge in [-0.3, -0.25) is 24.4 Å². The lowest BCUT2D eigenvalue weighted by atomic mass is 10.1. The number of amides is 4. The van der Waals surface area contributed by atoms with E-state index in [9.17, 15) is 19.2 Å². The Hall–Kier alpha value is -3.95. The molecule has 0 unspecified atom stereocenters. The van der Waals surface area contributed by atoms with Crippen LogP contribution in [0.25, 0.3) is 16.9 Å². The van der Waals surface area contributed by atoms with Crippen molar-refractivity contribution in [2.45, 2.75) is 38.8 Å². The van der Waals surface area contributed by atoms with Gasteiger partial charge in [0.2, 0.25) is 5.91 Å². The summed E-state index contributed by atoms with van der Waals surface area (Å²) in [5.74, 6) is -0.532. The van der Waals surface area contributed by atoms with E-state index in [1.54, 1.807) is 18.7 Å². The molecule has 2 aromatic heterocycles. The fourth-order valence-electron chi connectivity index (χ4n) is 4.36. The van der Waals surface area contributed by atoms with Crippen LogP contribution in [-0.4, -0.2) is 60.9 Å². The molecule has 2 aliphatic heterocycles. The van der Waals surface area contributed by atoms with Crippen molar-refractivity contribution >= 4 is 23.5 Å². The molecular formula is C23H24N6O4. The van der Waals surface area contributed by atoms with Gasteiger partial charge in [-0.15, -0.1) is 0 Å². The second kappa shape index (κ2) is 7.58. The van der Waals surface area contributed by atoms with E-state index in [0.717, 1.165) is 16.2 Å². The number of nitrogens with one attached hydrogen (secondary N) is 2. The first-order chi connectivity index (χ1) is 15.7. The molecule has 5 rings (SSSR count). The minimum atomic E-state index is -0.961. The fourth-order valence-corrected chi connectivity index (χ4v) is 4.36. The molecule has 2 N–H and O–H groups in total. The number of carbonyl (C=O) groups is 3. The van der Waals surface area contributed by atoms with E-state index in [1.807, 2.05) is 36.4 Å². The average molecular weight is 448 g/mol. The monoisotopic (exact) mass is 448 g/mol. The number of imide groups is 1. The van der Waals surface area contributed by atoms with Gasteiger partial charge in [0, 0.05) is 31.1 Å². The van der Waals surface area contributed by atoms with Gasteiger partial charge in [0.05, 0.1) is 17.9 Å². The van der Waals surface area contributed by atoms with E-state index < -0.39 is 11.6 Å². The van der Waals surface area contributed by atoms with Crippen LogP contribution >= 0.6 is 0 Å². The van der Waals surface area contributed by atoms with Crippen molar-refractivity contribution in [2.24, 2.45) is 0 Å². The molecule has 1 aromatic carbocycles. The molecule has 3 aromatic rings. The fraction of sp³-hybridized carbons (Fsp3) is 0.348. The molecule has 0 spiro atoms. The Morgan fingerprint density at radius 1 is 1.15 bits per heavy atom. The van der Waals surface area contributed by atoms with Gasteiger partial charge in [-0.25, -0.2) is 14.3 Å². The van der Waals surface area contributed by atoms with E-state index in [0.29, 0.717) is 29.9 Å². The molecule has 33 heavy (non-hydrogen) atoms. The van der Waals surface area contributed by atoms with Crippen LogP contribution in [0.5, 0.6) is 0 Å². The first kappa shape index (κ1) is 20.9. The molecule has 0 atom stereocenters. The Morgan fingerprint density at radius 2 is 1.91 bits per heavy atom. The van der Waals surface area contributed by atoms with Crippen molar-refractivity contribution in [1.82, 2.24) is 29.7 Å². The minimum absolute atomic E-state index is 0.0175. The van der Waals surface area contributed by atoms with Gasteiger partial charge in [-0.2, -0.15) is 0 Å². The number of benzene rings is 1. The number of H-pyrrole nitrogens is 1. The third-order valence-electron chi connectivity index (χ3n) is 6.20. The van der Waals surface area contributed by atoms with Crippen LogP contribution in [0.3, 0.4) is 0 Å². The maximum Gasteiger partial charge on any atom is 0.325 e. The van der Waals surface area contributed by atoms with Crippen LogP contribution in [0.2, 0.25) is 0 Å². The Balaban J connectivity index is 1.33. The number of hydrogen-bond acceptors (Lipinski definition) is 5. The lowest BCUT2D eigenvalue weighted by Gasteiger charge is -2.28. The molecule has 4 amide bonds. The van der Waals surface area contributed by atoms with Crippen LogP contribution in [0.15, 0.2) is 41.2 Å². The zero-order valence-electron chi connectivity index (χ0n) is 18.4. The summed E-state index contributed by atoms with van der Waals surface area (Å²) in [6, 6.07) is 11.0. The number of aromatic nitrogens is 3. The van der Waals surface area contributed by atoms with Crippen LogP contribution in [0.1, 0.15) is 31.5 Å². The summed E-state index contributed by atoms with van der Waals surface area (Å²) in [7, 11) is 0. The first-order valence-electron chi connectivity index (χ1n) is 10.9. The molecule has 0 saturated carbocycles. The zero-order chi connectivity index (χ0) is 23.3. The molecule has 1 fully saturated rings. The van der Waals surface area contributed by atoms with E-state index in [1.165, 1.54) is 4.52 Å². The Bertz CT molecular complexity index is 1340. The van der Waals surface area contributed by atoms with E-state index in [-0.39, 0.29) is 36.9 Å².